The fraction of sp³-hybridized carbons (Fsp3) is 0.364. The summed E-state index contributed by atoms with van der Waals surface area (Å²) in [5.74, 6) is -0.210. The highest BCUT2D eigenvalue weighted by atomic mass is 16.2. The minimum Gasteiger partial charge on any atom is -0.348 e. The largest absolute Gasteiger partial charge is 0.348 e. The number of hydrogen-bond donors (Lipinski definition) is 2. The lowest BCUT2D eigenvalue weighted by molar-refractivity contribution is -0.118. The topological polar surface area (TPSA) is 88.4 Å². The second-order valence-electron chi connectivity index (χ2n) is 7.74. The average molecular weight is 396 g/mol. The highest BCUT2D eigenvalue weighted by Gasteiger charge is 2.15. The number of rotatable bonds is 5. The number of pyridine rings is 1. The summed E-state index contributed by atoms with van der Waals surface area (Å²) < 4.78 is 1.96. The first kappa shape index (κ1) is 22.1. The molecular weight excluding hydrogens is 366 g/mol. The van der Waals surface area contributed by atoms with Gasteiger partial charge in [0.1, 0.15) is 5.84 Å². The van der Waals surface area contributed by atoms with Gasteiger partial charge in [-0.15, -0.1) is 0 Å². The lowest BCUT2D eigenvalue weighted by Crippen LogP contribution is -2.39. The molecule has 0 aliphatic heterocycles. The molecule has 0 aromatic carbocycles. The van der Waals surface area contributed by atoms with E-state index in [-0.39, 0.29) is 23.9 Å². The predicted molar refractivity (Wildman–Crippen MR) is 116 cm³/mol. The van der Waals surface area contributed by atoms with Crippen molar-refractivity contribution in [2.24, 2.45) is 4.99 Å². The van der Waals surface area contributed by atoms with Gasteiger partial charge in [-0.1, -0.05) is 12.1 Å². The SMILES string of the molecule is C/C=C(\N=C(C)NC(=O)CNC(=O)c1ccn(C(C)(C)C)c1)c1cccc(C)n1. The molecule has 0 saturated carbocycles. The van der Waals surface area contributed by atoms with Crippen LogP contribution in [0.1, 0.15) is 56.4 Å². The number of amides is 2. The Balaban J connectivity index is 1.93. The van der Waals surface area contributed by atoms with Crippen molar-refractivity contribution < 1.29 is 9.59 Å². The number of carbonyl (C=O) groups is 2. The van der Waals surface area contributed by atoms with Gasteiger partial charge in [0, 0.05) is 23.6 Å². The van der Waals surface area contributed by atoms with Crippen molar-refractivity contribution in [3.63, 3.8) is 0 Å². The fourth-order valence-electron chi connectivity index (χ4n) is 2.62. The summed E-state index contributed by atoms with van der Waals surface area (Å²) in [6.45, 7) is 11.5. The van der Waals surface area contributed by atoms with Crippen LogP contribution < -0.4 is 10.6 Å². The number of aromatic nitrogens is 2. The van der Waals surface area contributed by atoms with Crippen LogP contribution in [0.25, 0.3) is 5.70 Å². The molecule has 2 aromatic heterocycles. The summed E-state index contributed by atoms with van der Waals surface area (Å²) in [6, 6.07) is 7.42. The minimum absolute atomic E-state index is 0.111. The van der Waals surface area contributed by atoms with Crippen molar-refractivity contribution in [3.8, 4) is 0 Å². The summed E-state index contributed by atoms with van der Waals surface area (Å²) in [6.07, 6.45) is 5.45. The second kappa shape index (κ2) is 9.32. The van der Waals surface area contributed by atoms with Gasteiger partial charge in [0.05, 0.1) is 23.5 Å². The van der Waals surface area contributed by atoms with Crippen LogP contribution in [-0.4, -0.2) is 33.7 Å². The summed E-state index contributed by atoms with van der Waals surface area (Å²) >= 11 is 0. The van der Waals surface area contributed by atoms with Gasteiger partial charge in [-0.2, -0.15) is 0 Å². The molecule has 0 saturated heterocycles. The highest BCUT2D eigenvalue weighted by molar-refractivity contribution is 6.02. The second-order valence-corrected chi connectivity index (χ2v) is 7.74. The van der Waals surface area contributed by atoms with Crippen LogP contribution in [0.2, 0.25) is 0 Å². The maximum absolute atomic E-state index is 12.3. The maximum Gasteiger partial charge on any atom is 0.253 e. The van der Waals surface area contributed by atoms with E-state index in [4.69, 9.17) is 0 Å². The van der Waals surface area contributed by atoms with Crippen molar-refractivity contribution >= 4 is 23.3 Å². The Morgan fingerprint density at radius 1 is 1.24 bits per heavy atom. The molecule has 2 N–H and O–H groups in total. The molecule has 0 aliphatic carbocycles. The Hall–Kier alpha value is -3.22. The molecule has 7 nitrogen and oxygen atoms in total. The van der Waals surface area contributed by atoms with Crippen molar-refractivity contribution in [3.05, 3.63) is 59.7 Å². The van der Waals surface area contributed by atoms with Gasteiger partial charge in [-0.3, -0.25) is 14.6 Å². The van der Waals surface area contributed by atoms with Crippen LogP contribution in [0.15, 0.2) is 47.7 Å². The number of nitrogens with one attached hydrogen (secondary N) is 2. The van der Waals surface area contributed by atoms with E-state index in [0.717, 1.165) is 11.4 Å². The smallest absolute Gasteiger partial charge is 0.253 e. The number of carbonyl (C=O) groups excluding carboxylic acids is 2. The van der Waals surface area contributed by atoms with Gasteiger partial charge >= 0.3 is 0 Å². The Bertz CT molecular complexity index is 948. The lowest BCUT2D eigenvalue weighted by atomic mass is 10.1. The van der Waals surface area contributed by atoms with Gasteiger partial charge in [0.15, 0.2) is 0 Å². The molecule has 0 bridgehead atoms. The van der Waals surface area contributed by atoms with Crippen LogP contribution in [-0.2, 0) is 10.3 Å². The third kappa shape index (κ3) is 6.41. The van der Waals surface area contributed by atoms with E-state index >= 15 is 0 Å². The Labute approximate surface area is 172 Å². The number of aryl methyl sites for hydroxylation is 1. The molecule has 0 radical (unpaired) electrons. The zero-order valence-electron chi connectivity index (χ0n) is 17.9. The molecule has 2 rings (SSSR count). The monoisotopic (exact) mass is 395 g/mol. The van der Waals surface area contributed by atoms with Crippen LogP contribution in [0, 0.1) is 6.92 Å². The lowest BCUT2D eigenvalue weighted by Gasteiger charge is -2.20. The molecule has 0 atom stereocenters. The van der Waals surface area contributed by atoms with Crippen molar-refractivity contribution in [1.82, 2.24) is 20.2 Å². The normalized spacial score (nSPS) is 12.6. The molecular formula is C22H29N5O2. The van der Waals surface area contributed by atoms with Crippen molar-refractivity contribution in [2.45, 2.75) is 47.1 Å². The van der Waals surface area contributed by atoms with E-state index in [1.807, 2.05) is 48.9 Å². The van der Waals surface area contributed by atoms with E-state index in [1.54, 1.807) is 19.2 Å². The summed E-state index contributed by atoms with van der Waals surface area (Å²) in [4.78, 5) is 33.3. The molecule has 0 spiro atoms. The number of aliphatic imine (C=N–C) groups is 1. The Morgan fingerprint density at radius 2 is 1.97 bits per heavy atom. The minimum atomic E-state index is -0.345. The molecule has 2 heterocycles. The fourth-order valence-corrected chi connectivity index (χ4v) is 2.62. The summed E-state index contributed by atoms with van der Waals surface area (Å²) in [7, 11) is 0. The van der Waals surface area contributed by atoms with Crippen molar-refractivity contribution in [1.29, 1.82) is 0 Å². The average Bonchev–Trinajstić information content (AvgIpc) is 3.15. The molecule has 154 valence electrons. The third-order valence-electron chi connectivity index (χ3n) is 4.17. The molecule has 2 amide bonds. The van der Waals surface area contributed by atoms with Gasteiger partial charge < -0.3 is 15.2 Å². The van der Waals surface area contributed by atoms with Gasteiger partial charge in [-0.05, 0) is 59.7 Å². The molecule has 7 heteroatoms. The van der Waals surface area contributed by atoms with Crippen LogP contribution >= 0.6 is 0 Å². The standard InChI is InChI=1S/C22H29N5O2/c1-7-18(19-10-8-9-15(2)24-19)25-16(3)26-20(28)13-23-21(29)17-11-12-27(14-17)22(4,5)6/h7-12,14H,13H2,1-6H3,(H,23,29)(H,25,26,28)/b18-7-. The third-order valence-corrected chi connectivity index (χ3v) is 4.17. The first-order valence-electron chi connectivity index (χ1n) is 9.52. The Kier molecular flexibility index (Phi) is 7.09. The van der Waals surface area contributed by atoms with Crippen LogP contribution in [0.5, 0.6) is 0 Å². The Morgan fingerprint density at radius 3 is 2.55 bits per heavy atom. The molecule has 0 fully saturated rings. The zero-order valence-corrected chi connectivity index (χ0v) is 17.9. The van der Waals surface area contributed by atoms with E-state index in [0.29, 0.717) is 17.1 Å². The number of hydrogen-bond acceptors (Lipinski definition) is 4. The molecule has 0 aliphatic rings. The van der Waals surface area contributed by atoms with Gasteiger partial charge in [0.25, 0.3) is 5.91 Å². The van der Waals surface area contributed by atoms with E-state index in [1.165, 1.54) is 0 Å². The highest BCUT2D eigenvalue weighted by Crippen LogP contribution is 2.15. The van der Waals surface area contributed by atoms with E-state index in [2.05, 4.69) is 41.4 Å². The maximum atomic E-state index is 12.3. The van der Waals surface area contributed by atoms with Crippen LogP contribution in [0.4, 0.5) is 0 Å². The first-order chi connectivity index (χ1) is 13.6. The van der Waals surface area contributed by atoms with Gasteiger partial charge in [-0.25, -0.2) is 4.99 Å². The number of amidine groups is 1. The summed E-state index contributed by atoms with van der Waals surface area (Å²) in [5.41, 5.74) is 2.69. The zero-order chi connectivity index (χ0) is 21.6. The molecule has 2 aromatic rings. The van der Waals surface area contributed by atoms with Crippen molar-refractivity contribution in [2.75, 3.05) is 6.54 Å². The number of nitrogens with zero attached hydrogens (tertiary/aromatic N) is 3. The number of allylic oxidation sites excluding steroid dienone is 1. The van der Waals surface area contributed by atoms with E-state index < -0.39 is 0 Å². The molecule has 0 unspecified atom stereocenters. The molecule has 29 heavy (non-hydrogen) atoms. The predicted octanol–water partition coefficient (Wildman–Crippen LogP) is 3.27. The summed E-state index contributed by atoms with van der Waals surface area (Å²) in [5, 5.41) is 5.32. The van der Waals surface area contributed by atoms with Crippen LogP contribution in [0.3, 0.4) is 0 Å². The first-order valence-corrected chi connectivity index (χ1v) is 9.52. The van der Waals surface area contributed by atoms with Gasteiger partial charge in [0.2, 0.25) is 5.91 Å². The quantitative estimate of drug-likeness (QED) is 0.601. The van der Waals surface area contributed by atoms with E-state index in [9.17, 15) is 9.59 Å².